The van der Waals surface area contributed by atoms with Crippen LogP contribution >= 0.6 is 0 Å². The Balaban J connectivity index is 2.24. The zero-order chi connectivity index (χ0) is 8.27. The molecule has 1 saturated heterocycles. The van der Waals surface area contributed by atoms with E-state index in [0.717, 1.165) is 12.1 Å². The highest BCUT2D eigenvalue weighted by Gasteiger charge is 2.25. The van der Waals surface area contributed by atoms with Crippen molar-refractivity contribution < 1.29 is 0 Å². The van der Waals surface area contributed by atoms with E-state index in [1.165, 1.54) is 32.1 Å². The second-order valence-electron chi connectivity index (χ2n) is 3.89. The molecule has 0 aromatic carbocycles. The van der Waals surface area contributed by atoms with Crippen LogP contribution in [0.4, 0.5) is 0 Å². The Hall–Kier alpha value is -0.0400. The van der Waals surface area contributed by atoms with Gasteiger partial charge in [0.25, 0.3) is 0 Å². The molecule has 0 saturated carbocycles. The van der Waals surface area contributed by atoms with E-state index in [9.17, 15) is 0 Å². The number of rotatable bonds is 3. The van der Waals surface area contributed by atoms with Gasteiger partial charge in [-0.1, -0.05) is 19.8 Å². The highest BCUT2D eigenvalue weighted by Crippen LogP contribution is 2.24. The summed E-state index contributed by atoms with van der Waals surface area (Å²) in [4.78, 5) is 2.55. The van der Waals surface area contributed by atoms with Crippen LogP contribution in [-0.2, 0) is 0 Å². The van der Waals surface area contributed by atoms with Crippen LogP contribution in [0.25, 0.3) is 0 Å². The van der Waals surface area contributed by atoms with Crippen molar-refractivity contribution in [3.8, 4) is 0 Å². The minimum absolute atomic E-state index is 0.830. The maximum absolute atomic E-state index is 2.55. The zero-order valence-corrected chi connectivity index (χ0v) is 8.14. The Kier molecular flexibility index (Phi) is 3.38. The van der Waals surface area contributed by atoms with Gasteiger partial charge in [0.2, 0.25) is 0 Å². The van der Waals surface area contributed by atoms with Gasteiger partial charge in [-0.15, -0.1) is 0 Å². The number of hydrogen-bond acceptors (Lipinski definition) is 1. The SMILES string of the molecule is CCCCC1CCC(C)N1C. The van der Waals surface area contributed by atoms with Gasteiger partial charge in [-0.25, -0.2) is 0 Å². The predicted octanol–water partition coefficient (Wildman–Crippen LogP) is 2.66. The quantitative estimate of drug-likeness (QED) is 0.605. The van der Waals surface area contributed by atoms with Crippen molar-refractivity contribution in [3.63, 3.8) is 0 Å². The topological polar surface area (TPSA) is 3.24 Å². The first-order valence-electron chi connectivity index (χ1n) is 4.97. The van der Waals surface area contributed by atoms with E-state index in [2.05, 4.69) is 25.8 Å². The van der Waals surface area contributed by atoms with Crippen LogP contribution in [-0.4, -0.2) is 24.0 Å². The number of unbranched alkanes of at least 4 members (excludes halogenated alkanes) is 1. The van der Waals surface area contributed by atoms with Gasteiger partial charge in [0.15, 0.2) is 0 Å². The highest BCUT2D eigenvalue weighted by atomic mass is 15.2. The molecule has 0 aliphatic carbocycles. The summed E-state index contributed by atoms with van der Waals surface area (Å²) in [5.41, 5.74) is 0. The lowest BCUT2D eigenvalue weighted by Gasteiger charge is -2.22. The summed E-state index contributed by atoms with van der Waals surface area (Å²) in [7, 11) is 2.28. The number of likely N-dealkylation sites (tertiary alicyclic amines) is 1. The largest absolute Gasteiger partial charge is 0.301 e. The maximum atomic E-state index is 2.55. The van der Waals surface area contributed by atoms with Crippen LogP contribution in [0, 0.1) is 0 Å². The minimum atomic E-state index is 0.830. The van der Waals surface area contributed by atoms with Gasteiger partial charge in [-0.3, -0.25) is 0 Å². The molecule has 66 valence electrons. The lowest BCUT2D eigenvalue weighted by Crippen LogP contribution is -2.30. The van der Waals surface area contributed by atoms with Crippen molar-refractivity contribution in [1.82, 2.24) is 4.90 Å². The van der Waals surface area contributed by atoms with Gasteiger partial charge in [0, 0.05) is 12.1 Å². The molecule has 11 heavy (non-hydrogen) atoms. The molecule has 0 aromatic rings. The summed E-state index contributed by atoms with van der Waals surface area (Å²) >= 11 is 0. The molecule has 2 atom stereocenters. The highest BCUT2D eigenvalue weighted by molar-refractivity contribution is 4.81. The predicted molar refractivity (Wildman–Crippen MR) is 49.8 cm³/mol. The van der Waals surface area contributed by atoms with E-state index >= 15 is 0 Å². The fraction of sp³-hybridized carbons (Fsp3) is 1.00. The van der Waals surface area contributed by atoms with Crippen molar-refractivity contribution >= 4 is 0 Å². The summed E-state index contributed by atoms with van der Waals surface area (Å²) in [6.45, 7) is 4.62. The van der Waals surface area contributed by atoms with Gasteiger partial charge >= 0.3 is 0 Å². The summed E-state index contributed by atoms with van der Waals surface area (Å²) in [6, 6.07) is 1.72. The second kappa shape index (κ2) is 4.10. The molecule has 0 aromatic heterocycles. The van der Waals surface area contributed by atoms with Gasteiger partial charge in [-0.05, 0) is 33.2 Å². The Morgan fingerprint density at radius 3 is 2.55 bits per heavy atom. The Bertz CT molecular complexity index is 111. The molecule has 0 spiro atoms. The normalized spacial score (nSPS) is 33.0. The van der Waals surface area contributed by atoms with Crippen LogP contribution < -0.4 is 0 Å². The molecular formula is C10H21N. The monoisotopic (exact) mass is 155 g/mol. The minimum Gasteiger partial charge on any atom is -0.301 e. The molecule has 0 amide bonds. The average Bonchev–Trinajstić information content (AvgIpc) is 2.31. The lowest BCUT2D eigenvalue weighted by molar-refractivity contribution is 0.240. The van der Waals surface area contributed by atoms with Crippen LogP contribution in [0.1, 0.15) is 46.0 Å². The molecule has 1 rings (SSSR count). The average molecular weight is 155 g/mol. The Morgan fingerprint density at radius 2 is 2.09 bits per heavy atom. The van der Waals surface area contributed by atoms with Crippen molar-refractivity contribution in [1.29, 1.82) is 0 Å². The van der Waals surface area contributed by atoms with Crippen molar-refractivity contribution in [2.24, 2.45) is 0 Å². The number of hydrogen-bond donors (Lipinski definition) is 0. The molecule has 0 N–H and O–H groups in total. The molecule has 1 aliphatic rings. The number of nitrogens with zero attached hydrogens (tertiary/aromatic N) is 1. The van der Waals surface area contributed by atoms with Crippen molar-refractivity contribution in [3.05, 3.63) is 0 Å². The van der Waals surface area contributed by atoms with Crippen LogP contribution in [0.3, 0.4) is 0 Å². The van der Waals surface area contributed by atoms with E-state index in [-0.39, 0.29) is 0 Å². The first-order valence-corrected chi connectivity index (χ1v) is 4.97. The lowest BCUT2D eigenvalue weighted by atomic mass is 10.1. The molecule has 0 radical (unpaired) electrons. The Morgan fingerprint density at radius 1 is 1.36 bits per heavy atom. The van der Waals surface area contributed by atoms with E-state index in [0.29, 0.717) is 0 Å². The summed E-state index contributed by atoms with van der Waals surface area (Å²) in [5.74, 6) is 0. The molecule has 0 bridgehead atoms. The van der Waals surface area contributed by atoms with Crippen LogP contribution in [0.2, 0.25) is 0 Å². The first-order chi connectivity index (χ1) is 5.25. The summed E-state index contributed by atoms with van der Waals surface area (Å²) in [5, 5.41) is 0. The maximum Gasteiger partial charge on any atom is 0.00956 e. The standard InChI is InChI=1S/C10H21N/c1-4-5-6-10-8-7-9(2)11(10)3/h9-10H,4-8H2,1-3H3. The molecule has 1 fully saturated rings. The van der Waals surface area contributed by atoms with Gasteiger partial charge < -0.3 is 4.90 Å². The van der Waals surface area contributed by atoms with Gasteiger partial charge in [0.1, 0.15) is 0 Å². The van der Waals surface area contributed by atoms with E-state index < -0.39 is 0 Å². The zero-order valence-electron chi connectivity index (χ0n) is 8.14. The first kappa shape index (κ1) is 9.05. The van der Waals surface area contributed by atoms with E-state index in [4.69, 9.17) is 0 Å². The third-order valence-corrected chi connectivity index (χ3v) is 3.08. The van der Waals surface area contributed by atoms with Crippen molar-refractivity contribution in [2.75, 3.05) is 7.05 Å². The van der Waals surface area contributed by atoms with Gasteiger partial charge in [-0.2, -0.15) is 0 Å². The third-order valence-electron chi connectivity index (χ3n) is 3.08. The fourth-order valence-corrected chi connectivity index (χ4v) is 1.99. The van der Waals surface area contributed by atoms with E-state index in [1.54, 1.807) is 0 Å². The van der Waals surface area contributed by atoms with Crippen LogP contribution in [0.5, 0.6) is 0 Å². The smallest absolute Gasteiger partial charge is 0.00956 e. The fourth-order valence-electron chi connectivity index (χ4n) is 1.99. The van der Waals surface area contributed by atoms with Gasteiger partial charge in [0.05, 0.1) is 0 Å². The molecule has 1 aliphatic heterocycles. The molecule has 1 heteroatoms. The third kappa shape index (κ3) is 2.19. The molecule has 1 nitrogen and oxygen atoms in total. The molecule has 2 unspecified atom stereocenters. The summed E-state index contributed by atoms with van der Waals surface area (Å²) in [6.07, 6.45) is 7.00. The van der Waals surface area contributed by atoms with Crippen LogP contribution in [0.15, 0.2) is 0 Å². The second-order valence-corrected chi connectivity index (χ2v) is 3.89. The van der Waals surface area contributed by atoms with Crippen molar-refractivity contribution in [2.45, 2.75) is 58.0 Å². The molecular weight excluding hydrogens is 134 g/mol. The van der Waals surface area contributed by atoms with E-state index in [1.807, 2.05) is 0 Å². The summed E-state index contributed by atoms with van der Waals surface area (Å²) < 4.78 is 0. The molecule has 1 heterocycles. The Labute approximate surface area is 70.8 Å².